The summed E-state index contributed by atoms with van der Waals surface area (Å²) in [5.74, 6) is 0. The standard InChI is InChI=1S/C24H44NO/c1-4-5-6-7-8-9-10-11-12-13-14-15-16-17-18-26-22-25-20-23(2)19-24(3)21-25/h19-21H,4-18,22H2,1-3H3/q+1. The van der Waals surface area contributed by atoms with Crippen LogP contribution in [0.25, 0.3) is 0 Å². The number of nitrogens with zero attached hydrogens (tertiary/aromatic N) is 1. The zero-order chi connectivity index (χ0) is 18.9. The van der Waals surface area contributed by atoms with E-state index >= 15 is 0 Å². The molecule has 2 nitrogen and oxygen atoms in total. The van der Waals surface area contributed by atoms with E-state index in [1.165, 1.54) is 101 Å². The number of aromatic nitrogens is 1. The number of aryl methyl sites for hydroxylation is 2. The molecule has 0 saturated carbocycles. The van der Waals surface area contributed by atoms with Gasteiger partial charge in [0.05, 0.1) is 6.61 Å². The molecular formula is C24H44NO+. The Kier molecular flexibility index (Phi) is 14.5. The van der Waals surface area contributed by atoms with Crippen LogP contribution in [0.2, 0.25) is 0 Å². The summed E-state index contributed by atoms with van der Waals surface area (Å²) in [7, 11) is 0. The molecule has 0 atom stereocenters. The maximum atomic E-state index is 5.80. The largest absolute Gasteiger partial charge is 0.323 e. The number of rotatable bonds is 17. The van der Waals surface area contributed by atoms with Crippen molar-refractivity contribution in [3.63, 3.8) is 0 Å². The topological polar surface area (TPSA) is 13.1 Å². The summed E-state index contributed by atoms with van der Waals surface area (Å²) in [6.45, 7) is 8.13. The summed E-state index contributed by atoms with van der Waals surface area (Å²) in [5, 5.41) is 0. The smallest absolute Gasteiger partial charge is 0.252 e. The Morgan fingerprint density at radius 3 is 1.54 bits per heavy atom. The molecule has 150 valence electrons. The highest BCUT2D eigenvalue weighted by atomic mass is 16.5. The molecule has 2 heteroatoms. The lowest BCUT2D eigenvalue weighted by molar-refractivity contribution is -0.733. The number of hydrogen-bond donors (Lipinski definition) is 0. The van der Waals surface area contributed by atoms with Gasteiger partial charge in [0.2, 0.25) is 0 Å². The molecule has 0 aliphatic carbocycles. The van der Waals surface area contributed by atoms with Crippen molar-refractivity contribution in [1.29, 1.82) is 0 Å². The lowest BCUT2D eigenvalue weighted by Gasteiger charge is -2.04. The van der Waals surface area contributed by atoms with Gasteiger partial charge < -0.3 is 4.74 Å². The van der Waals surface area contributed by atoms with Crippen LogP contribution in [0.1, 0.15) is 108 Å². The number of ether oxygens (including phenoxy) is 1. The molecule has 0 aliphatic heterocycles. The first-order valence-corrected chi connectivity index (χ1v) is 11.3. The van der Waals surface area contributed by atoms with Gasteiger partial charge in [-0.1, -0.05) is 90.4 Å². The Hall–Kier alpha value is -0.890. The molecule has 1 aromatic rings. The number of hydrogen-bond acceptors (Lipinski definition) is 1. The summed E-state index contributed by atoms with van der Waals surface area (Å²) in [6.07, 6.45) is 24.0. The average molecular weight is 363 g/mol. The second-order valence-electron chi connectivity index (χ2n) is 8.04. The van der Waals surface area contributed by atoms with Gasteiger partial charge in [0.1, 0.15) is 0 Å². The zero-order valence-corrected chi connectivity index (χ0v) is 17.9. The molecule has 1 aromatic heterocycles. The lowest BCUT2D eigenvalue weighted by Crippen LogP contribution is -2.35. The van der Waals surface area contributed by atoms with Crippen LogP contribution in [0, 0.1) is 13.8 Å². The third kappa shape index (κ3) is 13.3. The summed E-state index contributed by atoms with van der Waals surface area (Å²) < 4.78 is 7.95. The van der Waals surface area contributed by atoms with E-state index in [1.807, 2.05) is 0 Å². The number of pyridine rings is 1. The van der Waals surface area contributed by atoms with Crippen LogP contribution < -0.4 is 4.57 Å². The third-order valence-electron chi connectivity index (χ3n) is 5.08. The highest BCUT2D eigenvalue weighted by Crippen LogP contribution is 2.12. The number of unbranched alkanes of at least 4 members (excludes halogenated alkanes) is 13. The van der Waals surface area contributed by atoms with E-state index in [-0.39, 0.29) is 0 Å². The van der Waals surface area contributed by atoms with E-state index in [0.29, 0.717) is 6.73 Å². The van der Waals surface area contributed by atoms with Gasteiger partial charge in [-0.15, -0.1) is 0 Å². The van der Waals surface area contributed by atoms with Crippen molar-refractivity contribution in [2.45, 2.75) is 117 Å². The van der Waals surface area contributed by atoms with Gasteiger partial charge in [-0.05, 0) is 26.3 Å². The third-order valence-corrected chi connectivity index (χ3v) is 5.08. The first-order chi connectivity index (χ1) is 12.7. The van der Waals surface area contributed by atoms with Crippen molar-refractivity contribution in [2.75, 3.05) is 6.61 Å². The van der Waals surface area contributed by atoms with Gasteiger partial charge in [0.25, 0.3) is 6.73 Å². The fourth-order valence-electron chi connectivity index (χ4n) is 3.64. The molecule has 0 unspecified atom stereocenters. The Labute approximate surface area is 163 Å². The summed E-state index contributed by atoms with van der Waals surface area (Å²) >= 11 is 0. The minimum Gasteiger partial charge on any atom is -0.323 e. The molecule has 0 aliphatic rings. The van der Waals surface area contributed by atoms with Crippen LogP contribution in [-0.2, 0) is 11.5 Å². The van der Waals surface area contributed by atoms with Crippen LogP contribution in [0.5, 0.6) is 0 Å². The Bertz CT molecular complexity index is 424. The van der Waals surface area contributed by atoms with Gasteiger partial charge in [-0.25, -0.2) is 0 Å². The maximum Gasteiger partial charge on any atom is 0.252 e. The molecule has 26 heavy (non-hydrogen) atoms. The molecule has 1 heterocycles. The maximum absolute atomic E-state index is 5.80. The Morgan fingerprint density at radius 2 is 1.08 bits per heavy atom. The second-order valence-corrected chi connectivity index (χ2v) is 8.04. The molecule has 0 amide bonds. The molecule has 0 radical (unpaired) electrons. The second kappa shape index (κ2) is 16.3. The molecular weight excluding hydrogens is 318 g/mol. The van der Waals surface area contributed by atoms with E-state index in [0.717, 1.165) is 6.61 Å². The molecule has 0 N–H and O–H groups in total. The van der Waals surface area contributed by atoms with Gasteiger partial charge in [-0.3, -0.25) is 0 Å². The first-order valence-electron chi connectivity index (χ1n) is 11.3. The van der Waals surface area contributed by atoms with E-state index in [4.69, 9.17) is 4.74 Å². The molecule has 0 aromatic carbocycles. The normalized spacial score (nSPS) is 11.2. The van der Waals surface area contributed by atoms with Crippen molar-refractivity contribution < 1.29 is 9.30 Å². The minimum absolute atomic E-state index is 0.682. The minimum atomic E-state index is 0.682. The predicted molar refractivity (Wildman–Crippen MR) is 112 cm³/mol. The summed E-state index contributed by atoms with van der Waals surface area (Å²) in [4.78, 5) is 0. The first kappa shape index (κ1) is 23.1. The van der Waals surface area contributed by atoms with Gasteiger partial charge in [0, 0.05) is 11.1 Å². The van der Waals surface area contributed by atoms with Crippen LogP contribution in [0.15, 0.2) is 18.5 Å². The van der Waals surface area contributed by atoms with Crippen molar-refractivity contribution in [3.8, 4) is 0 Å². The predicted octanol–water partition coefficient (Wildman–Crippen LogP) is 7.05. The van der Waals surface area contributed by atoms with Crippen molar-refractivity contribution >= 4 is 0 Å². The van der Waals surface area contributed by atoms with Crippen LogP contribution in [0.3, 0.4) is 0 Å². The quantitative estimate of drug-likeness (QED) is 0.214. The van der Waals surface area contributed by atoms with Crippen LogP contribution >= 0.6 is 0 Å². The van der Waals surface area contributed by atoms with Crippen molar-refractivity contribution in [3.05, 3.63) is 29.6 Å². The van der Waals surface area contributed by atoms with E-state index < -0.39 is 0 Å². The summed E-state index contributed by atoms with van der Waals surface area (Å²) in [6, 6.07) is 2.20. The SMILES string of the molecule is CCCCCCCCCCCCCCCCOC[n+]1cc(C)cc(C)c1. The van der Waals surface area contributed by atoms with E-state index in [1.54, 1.807) is 0 Å². The fraction of sp³-hybridized carbons (Fsp3) is 0.792. The molecule has 1 rings (SSSR count). The average Bonchev–Trinajstić information content (AvgIpc) is 2.60. The van der Waals surface area contributed by atoms with Gasteiger partial charge in [-0.2, -0.15) is 4.57 Å². The van der Waals surface area contributed by atoms with Crippen LogP contribution in [-0.4, -0.2) is 6.61 Å². The molecule has 0 spiro atoms. The fourth-order valence-corrected chi connectivity index (χ4v) is 3.64. The lowest BCUT2D eigenvalue weighted by atomic mass is 10.0. The monoisotopic (exact) mass is 362 g/mol. The molecule has 0 bridgehead atoms. The highest BCUT2D eigenvalue weighted by Gasteiger charge is 2.02. The molecule has 0 fully saturated rings. The zero-order valence-electron chi connectivity index (χ0n) is 17.9. The van der Waals surface area contributed by atoms with Gasteiger partial charge >= 0.3 is 0 Å². The Balaban J connectivity index is 1.79. The Morgan fingerprint density at radius 1 is 0.654 bits per heavy atom. The van der Waals surface area contributed by atoms with Crippen molar-refractivity contribution in [1.82, 2.24) is 0 Å². The summed E-state index contributed by atoms with van der Waals surface area (Å²) in [5.41, 5.74) is 2.59. The molecule has 0 saturated heterocycles. The van der Waals surface area contributed by atoms with E-state index in [9.17, 15) is 0 Å². The van der Waals surface area contributed by atoms with Crippen LogP contribution in [0.4, 0.5) is 0 Å². The van der Waals surface area contributed by atoms with Gasteiger partial charge in [0.15, 0.2) is 12.4 Å². The van der Waals surface area contributed by atoms with E-state index in [2.05, 4.69) is 43.8 Å². The highest BCUT2D eigenvalue weighted by molar-refractivity contribution is 5.11. The van der Waals surface area contributed by atoms with Crippen molar-refractivity contribution in [2.24, 2.45) is 0 Å².